The van der Waals surface area contributed by atoms with Crippen LogP contribution in [0.15, 0.2) is 24.3 Å². The van der Waals surface area contributed by atoms with E-state index in [0.29, 0.717) is 5.39 Å². The highest BCUT2D eigenvalue weighted by atomic mass is 32.1. The van der Waals surface area contributed by atoms with Crippen molar-refractivity contribution in [2.45, 2.75) is 13.3 Å². The molecule has 0 fully saturated rings. The highest BCUT2D eigenvalue weighted by Gasteiger charge is 2.27. The Morgan fingerprint density at radius 2 is 2.05 bits per heavy atom. The summed E-state index contributed by atoms with van der Waals surface area (Å²) in [7, 11) is 1.22. The SMILES string of the molecule is CCOC(=O)C(F)Oc1c(C(=O)OC)sc2ccccc12. The predicted molar refractivity (Wildman–Crippen MR) is 75.3 cm³/mol. The van der Waals surface area contributed by atoms with E-state index in [1.807, 2.05) is 0 Å². The van der Waals surface area contributed by atoms with Crippen LogP contribution < -0.4 is 4.74 Å². The average Bonchev–Trinajstić information content (AvgIpc) is 2.85. The number of halogens is 1. The topological polar surface area (TPSA) is 61.8 Å². The molecule has 7 heteroatoms. The van der Waals surface area contributed by atoms with Crippen molar-refractivity contribution in [3.8, 4) is 5.75 Å². The van der Waals surface area contributed by atoms with Crippen molar-refractivity contribution >= 4 is 33.4 Å². The number of methoxy groups -OCH3 is 1. The molecule has 1 unspecified atom stereocenters. The van der Waals surface area contributed by atoms with E-state index in [4.69, 9.17) is 4.74 Å². The summed E-state index contributed by atoms with van der Waals surface area (Å²) in [5.41, 5.74) is 0. The van der Waals surface area contributed by atoms with Crippen LogP contribution in [0.4, 0.5) is 4.39 Å². The number of hydrogen-bond acceptors (Lipinski definition) is 6. The van der Waals surface area contributed by atoms with Crippen LogP contribution in [0.5, 0.6) is 5.75 Å². The number of carbonyl (C=O) groups is 2. The van der Waals surface area contributed by atoms with Gasteiger partial charge in [-0.05, 0) is 19.1 Å². The van der Waals surface area contributed by atoms with Gasteiger partial charge in [-0.15, -0.1) is 11.3 Å². The standard InChI is InChI=1S/C14H13FO5S/c1-3-19-14(17)12(15)20-10-8-6-4-5-7-9(8)21-11(10)13(16)18-2/h4-7,12H,3H2,1-2H3. The lowest BCUT2D eigenvalue weighted by Crippen LogP contribution is -2.25. The van der Waals surface area contributed by atoms with E-state index in [2.05, 4.69) is 9.47 Å². The Labute approximate surface area is 124 Å². The van der Waals surface area contributed by atoms with E-state index in [0.717, 1.165) is 16.0 Å². The van der Waals surface area contributed by atoms with Gasteiger partial charge in [-0.25, -0.2) is 9.59 Å². The maximum Gasteiger partial charge on any atom is 0.381 e. The summed E-state index contributed by atoms with van der Waals surface area (Å²) < 4.78 is 28.7. The zero-order valence-electron chi connectivity index (χ0n) is 11.4. The number of esters is 2. The molecule has 5 nitrogen and oxygen atoms in total. The monoisotopic (exact) mass is 312 g/mol. The Balaban J connectivity index is 2.40. The highest BCUT2D eigenvalue weighted by Crippen LogP contribution is 2.38. The fraction of sp³-hybridized carbons (Fsp3) is 0.286. The minimum Gasteiger partial charge on any atom is -0.465 e. The van der Waals surface area contributed by atoms with Gasteiger partial charge in [0.05, 0.1) is 13.7 Å². The zero-order valence-corrected chi connectivity index (χ0v) is 12.2. The highest BCUT2D eigenvalue weighted by molar-refractivity contribution is 7.21. The van der Waals surface area contributed by atoms with Crippen LogP contribution in [0.1, 0.15) is 16.6 Å². The maximum absolute atomic E-state index is 13.8. The number of carbonyl (C=O) groups excluding carboxylic acids is 2. The second-order valence-corrected chi connectivity index (χ2v) is 4.99. The van der Waals surface area contributed by atoms with E-state index in [-0.39, 0.29) is 17.2 Å². The summed E-state index contributed by atoms with van der Waals surface area (Å²) in [6.45, 7) is 1.60. The van der Waals surface area contributed by atoms with E-state index < -0.39 is 18.3 Å². The first kappa shape index (κ1) is 15.2. The molecule has 0 bridgehead atoms. The van der Waals surface area contributed by atoms with E-state index in [1.54, 1.807) is 31.2 Å². The number of thiophene rings is 1. The fourth-order valence-electron chi connectivity index (χ4n) is 1.73. The molecule has 0 radical (unpaired) electrons. The van der Waals surface area contributed by atoms with Crippen LogP contribution in [-0.2, 0) is 14.3 Å². The van der Waals surface area contributed by atoms with Crippen molar-refractivity contribution in [1.29, 1.82) is 0 Å². The van der Waals surface area contributed by atoms with Crippen molar-refractivity contribution in [2.24, 2.45) is 0 Å². The molecule has 0 N–H and O–H groups in total. The number of rotatable bonds is 5. The van der Waals surface area contributed by atoms with E-state index >= 15 is 0 Å². The minimum atomic E-state index is -2.30. The van der Waals surface area contributed by atoms with Crippen molar-refractivity contribution in [3.63, 3.8) is 0 Å². The molecule has 1 heterocycles. The molecule has 0 saturated carbocycles. The Kier molecular flexibility index (Phi) is 4.74. The van der Waals surface area contributed by atoms with Gasteiger partial charge in [0.15, 0.2) is 10.6 Å². The number of benzene rings is 1. The normalized spacial score (nSPS) is 12.0. The van der Waals surface area contributed by atoms with Gasteiger partial charge in [0.1, 0.15) is 0 Å². The van der Waals surface area contributed by atoms with Crippen molar-refractivity contribution in [3.05, 3.63) is 29.1 Å². The molecular weight excluding hydrogens is 299 g/mol. The molecule has 2 rings (SSSR count). The molecular formula is C14H13FO5S. The maximum atomic E-state index is 13.8. The lowest BCUT2D eigenvalue weighted by atomic mass is 10.2. The number of alkyl halides is 1. The third-order valence-corrected chi connectivity index (χ3v) is 3.75. The Hall–Kier alpha value is -2.15. The van der Waals surface area contributed by atoms with Crippen molar-refractivity contribution in [2.75, 3.05) is 13.7 Å². The van der Waals surface area contributed by atoms with Crippen molar-refractivity contribution in [1.82, 2.24) is 0 Å². The number of hydrogen-bond donors (Lipinski definition) is 0. The molecule has 0 amide bonds. The molecule has 0 spiro atoms. The summed E-state index contributed by atoms with van der Waals surface area (Å²) in [5, 5.41) is 0.537. The first-order chi connectivity index (χ1) is 10.1. The van der Waals surface area contributed by atoms with Crippen LogP contribution in [0, 0.1) is 0 Å². The van der Waals surface area contributed by atoms with Crippen LogP contribution in [0.2, 0.25) is 0 Å². The van der Waals surface area contributed by atoms with E-state index in [9.17, 15) is 14.0 Å². The minimum absolute atomic E-state index is 0.0111. The smallest absolute Gasteiger partial charge is 0.381 e. The van der Waals surface area contributed by atoms with Gasteiger partial charge in [0, 0.05) is 10.1 Å². The number of ether oxygens (including phenoxy) is 3. The molecule has 1 atom stereocenters. The molecule has 2 aromatic rings. The predicted octanol–water partition coefficient (Wildman–Crippen LogP) is 2.93. The zero-order chi connectivity index (χ0) is 15.4. The van der Waals surface area contributed by atoms with Gasteiger partial charge < -0.3 is 14.2 Å². The Morgan fingerprint density at radius 1 is 1.33 bits per heavy atom. The average molecular weight is 312 g/mol. The summed E-state index contributed by atoms with van der Waals surface area (Å²) in [5.74, 6) is -1.80. The summed E-state index contributed by atoms with van der Waals surface area (Å²) >= 11 is 1.11. The lowest BCUT2D eigenvalue weighted by molar-refractivity contribution is -0.159. The van der Waals surface area contributed by atoms with Gasteiger partial charge in [-0.3, -0.25) is 0 Å². The molecule has 0 aliphatic heterocycles. The van der Waals surface area contributed by atoms with Crippen LogP contribution >= 0.6 is 11.3 Å². The van der Waals surface area contributed by atoms with Gasteiger partial charge in [-0.1, -0.05) is 12.1 Å². The Bertz CT molecular complexity index is 666. The largest absolute Gasteiger partial charge is 0.465 e. The van der Waals surface area contributed by atoms with Crippen LogP contribution in [0.3, 0.4) is 0 Å². The molecule has 21 heavy (non-hydrogen) atoms. The molecule has 1 aromatic heterocycles. The van der Waals surface area contributed by atoms with Crippen molar-refractivity contribution < 1.29 is 28.2 Å². The molecule has 1 aromatic carbocycles. The third kappa shape index (κ3) is 3.13. The van der Waals surface area contributed by atoms with Crippen LogP contribution in [0.25, 0.3) is 10.1 Å². The Morgan fingerprint density at radius 3 is 2.71 bits per heavy atom. The summed E-state index contributed by atoms with van der Waals surface area (Å²) in [4.78, 5) is 23.2. The fourth-order valence-corrected chi connectivity index (χ4v) is 2.78. The summed E-state index contributed by atoms with van der Waals surface area (Å²) in [6, 6.07) is 6.94. The van der Waals surface area contributed by atoms with Crippen LogP contribution in [-0.4, -0.2) is 32.0 Å². The third-order valence-electron chi connectivity index (χ3n) is 2.61. The van der Waals surface area contributed by atoms with Gasteiger partial charge in [0.2, 0.25) is 0 Å². The van der Waals surface area contributed by atoms with Gasteiger partial charge >= 0.3 is 18.3 Å². The molecule has 0 saturated heterocycles. The molecule has 0 aliphatic rings. The first-order valence-electron chi connectivity index (χ1n) is 6.15. The first-order valence-corrected chi connectivity index (χ1v) is 6.97. The number of fused-ring (bicyclic) bond motifs is 1. The molecule has 0 aliphatic carbocycles. The second-order valence-electron chi connectivity index (χ2n) is 3.93. The quantitative estimate of drug-likeness (QED) is 0.794. The second kappa shape index (κ2) is 6.53. The molecule has 112 valence electrons. The summed E-state index contributed by atoms with van der Waals surface area (Å²) in [6.07, 6.45) is -2.30. The van der Waals surface area contributed by atoms with Gasteiger partial charge in [-0.2, -0.15) is 4.39 Å². The van der Waals surface area contributed by atoms with Gasteiger partial charge in [0.25, 0.3) is 0 Å². The van der Waals surface area contributed by atoms with E-state index in [1.165, 1.54) is 7.11 Å². The lowest BCUT2D eigenvalue weighted by Gasteiger charge is -2.11.